The summed E-state index contributed by atoms with van der Waals surface area (Å²) in [4.78, 5) is 22.4. The van der Waals surface area contributed by atoms with E-state index in [9.17, 15) is 14.9 Å². The summed E-state index contributed by atoms with van der Waals surface area (Å²) >= 11 is 0. The van der Waals surface area contributed by atoms with Crippen LogP contribution in [0, 0.1) is 10.1 Å². The Balaban J connectivity index is 2.00. The molecule has 0 bridgehead atoms. The van der Waals surface area contributed by atoms with E-state index in [-0.39, 0.29) is 23.4 Å². The van der Waals surface area contributed by atoms with Crippen molar-refractivity contribution in [2.24, 2.45) is 5.10 Å². The topological polar surface area (TPSA) is 84.6 Å². The first-order valence-electron chi connectivity index (χ1n) is 8.34. The number of rotatable bonds is 5. The van der Waals surface area contributed by atoms with Crippen molar-refractivity contribution in [2.45, 2.75) is 39.5 Å². The lowest BCUT2D eigenvalue weighted by Crippen LogP contribution is -2.21. The summed E-state index contributed by atoms with van der Waals surface area (Å²) in [6.45, 7) is 8.11. The minimum atomic E-state index is -0.462. The summed E-state index contributed by atoms with van der Waals surface area (Å²) < 4.78 is 0. The fourth-order valence-electron chi connectivity index (χ4n) is 2.40. The van der Waals surface area contributed by atoms with Gasteiger partial charge in [0.15, 0.2) is 0 Å². The SMILES string of the molecule is C/C(=N/NC(=O)Cc1ccc(C(C)(C)C)cc1)c1cccc([N+](=O)[O-])c1. The van der Waals surface area contributed by atoms with E-state index >= 15 is 0 Å². The number of nitrogens with zero attached hydrogens (tertiary/aromatic N) is 2. The zero-order valence-corrected chi connectivity index (χ0v) is 15.4. The average Bonchev–Trinajstić information content (AvgIpc) is 2.59. The number of hydrazone groups is 1. The molecule has 26 heavy (non-hydrogen) atoms. The van der Waals surface area contributed by atoms with Crippen molar-refractivity contribution in [3.05, 3.63) is 75.3 Å². The highest BCUT2D eigenvalue weighted by Gasteiger charge is 2.13. The van der Waals surface area contributed by atoms with E-state index < -0.39 is 4.92 Å². The minimum Gasteiger partial charge on any atom is -0.273 e. The predicted octanol–water partition coefficient (Wildman–Crippen LogP) is 3.98. The first-order chi connectivity index (χ1) is 12.2. The Bertz CT molecular complexity index is 834. The Morgan fingerprint density at radius 1 is 1.15 bits per heavy atom. The molecule has 0 aliphatic carbocycles. The number of carbonyl (C=O) groups excluding carboxylic acids is 1. The van der Waals surface area contributed by atoms with Gasteiger partial charge in [0.25, 0.3) is 5.69 Å². The number of non-ortho nitro benzene ring substituents is 1. The largest absolute Gasteiger partial charge is 0.273 e. The van der Waals surface area contributed by atoms with Crippen LogP contribution < -0.4 is 5.43 Å². The van der Waals surface area contributed by atoms with Gasteiger partial charge < -0.3 is 0 Å². The van der Waals surface area contributed by atoms with Gasteiger partial charge in [-0.25, -0.2) is 5.43 Å². The van der Waals surface area contributed by atoms with Gasteiger partial charge in [0.1, 0.15) is 0 Å². The number of carbonyl (C=O) groups is 1. The van der Waals surface area contributed by atoms with Gasteiger partial charge in [0.05, 0.1) is 17.1 Å². The molecule has 0 heterocycles. The second-order valence-corrected chi connectivity index (χ2v) is 7.16. The lowest BCUT2D eigenvalue weighted by molar-refractivity contribution is -0.384. The normalized spacial score (nSPS) is 11.9. The molecule has 0 aromatic heterocycles. The van der Waals surface area contributed by atoms with E-state index in [0.717, 1.165) is 5.56 Å². The maximum Gasteiger partial charge on any atom is 0.270 e. The molecule has 136 valence electrons. The molecule has 2 rings (SSSR count). The van der Waals surface area contributed by atoms with Gasteiger partial charge in [0.2, 0.25) is 5.91 Å². The van der Waals surface area contributed by atoms with E-state index in [1.807, 2.05) is 24.3 Å². The average molecular weight is 353 g/mol. The molecule has 0 aliphatic rings. The van der Waals surface area contributed by atoms with E-state index in [1.54, 1.807) is 19.1 Å². The molecule has 0 atom stereocenters. The third-order valence-electron chi connectivity index (χ3n) is 4.01. The Morgan fingerprint density at radius 2 is 1.81 bits per heavy atom. The van der Waals surface area contributed by atoms with Crippen LogP contribution in [-0.2, 0) is 16.6 Å². The predicted molar refractivity (Wildman–Crippen MR) is 102 cm³/mol. The third kappa shape index (κ3) is 5.24. The first-order valence-corrected chi connectivity index (χ1v) is 8.34. The summed E-state index contributed by atoms with van der Waals surface area (Å²) in [5.41, 5.74) is 5.77. The van der Waals surface area contributed by atoms with Crippen molar-refractivity contribution >= 4 is 17.3 Å². The van der Waals surface area contributed by atoms with E-state index in [0.29, 0.717) is 11.3 Å². The van der Waals surface area contributed by atoms with Crippen LogP contribution in [0.2, 0.25) is 0 Å². The number of nitro benzene ring substituents is 1. The van der Waals surface area contributed by atoms with Crippen LogP contribution in [0.1, 0.15) is 44.4 Å². The van der Waals surface area contributed by atoms with Crippen molar-refractivity contribution < 1.29 is 9.72 Å². The van der Waals surface area contributed by atoms with Crippen LogP contribution >= 0.6 is 0 Å². The molecule has 1 amide bonds. The smallest absolute Gasteiger partial charge is 0.270 e. The van der Waals surface area contributed by atoms with Crippen molar-refractivity contribution in [3.63, 3.8) is 0 Å². The highest BCUT2D eigenvalue weighted by Crippen LogP contribution is 2.22. The van der Waals surface area contributed by atoms with Crippen LogP contribution in [0.5, 0.6) is 0 Å². The molecular weight excluding hydrogens is 330 g/mol. The number of benzene rings is 2. The molecule has 0 spiro atoms. The fourth-order valence-corrected chi connectivity index (χ4v) is 2.40. The van der Waals surface area contributed by atoms with Gasteiger partial charge in [-0.1, -0.05) is 57.2 Å². The van der Waals surface area contributed by atoms with Crippen LogP contribution in [0.25, 0.3) is 0 Å². The molecule has 0 radical (unpaired) electrons. The molecule has 0 unspecified atom stereocenters. The lowest BCUT2D eigenvalue weighted by atomic mass is 9.86. The van der Waals surface area contributed by atoms with Crippen LogP contribution in [0.3, 0.4) is 0 Å². The zero-order valence-electron chi connectivity index (χ0n) is 15.4. The molecule has 0 saturated carbocycles. The summed E-state index contributed by atoms with van der Waals surface area (Å²) in [7, 11) is 0. The maximum absolute atomic E-state index is 12.1. The van der Waals surface area contributed by atoms with Crippen LogP contribution in [0.4, 0.5) is 5.69 Å². The molecule has 0 aliphatic heterocycles. The Kier molecular flexibility index (Phi) is 5.87. The summed E-state index contributed by atoms with van der Waals surface area (Å²) in [6, 6.07) is 14.1. The van der Waals surface area contributed by atoms with E-state index in [2.05, 4.69) is 31.3 Å². The molecule has 0 saturated heterocycles. The Hall–Kier alpha value is -3.02. The van der Waals surface area contributed by atoms with Gasteiger partial charge in [-0.05, 0) is 23.5 Å². The van der Waals surface area contributed by atoms with Crippen molar-refractivity contribution in [1.82, 2.24) is 5.43 Å². The van der Waals surface area contributed by atoms with Gasteiger partial charge >= 0.3 is 0 Å². The second kappa shape index (κ2) is 7.91. The number of nitro groups is 1. The quantitative estimate of drug-likeness (QED) is 0.501. The lowest BCUT2D eigenvalue weighted by Gasteiger charge is -2.19. The van der Waals surface area contributed by atoms with Crippen molar-refractivity contribution in [2.75, 3.05) is 0 Å². The minimum absolute atomic E-state index is 0.0117. The molecule has 1 N–H and O–H groups in total. The standard InChI is InChI=1S/C20H23N3O3/c1-14(16-6-5-7-18(13-16)23(25)26)21-22-19(24)12-15-8-10-17(11-9-15)20(2,3)4/h5-11,13H,12H2,1-4H3,(H,22,24)/b21-14-. The second-order valence-electron chi connectivity index (χ2n) is 7.16. The molecule has 2 aromatic rings. The number of nitrogens with one attached hydrogen (secondary N) is 1. The van der Waals surface area contributed by atoms with E-state index in [4.69, 9.17) is 0 Å². The molecule has 0 fully saturated rings. The Morgan fingerprint density at radius 3 is 2.38 bits per heavy atom. The molecular formula is C20H23N3O3. The first kappa shape index (κ1) is 19.3. The van der Waals surface area contributed by atoms with Gasteiger partial charge in [-0.15, -0.1) is 0 Å². The number of amides is 1. The van der Waals surface area contributed by atoms with Crippen molar-refractivity contribution in [3.8, 4) is 0 Å². The van der Waals surface area contributed by atoms with Gasteiger partial charge in [0, 0.05) is 17.7 Å². The number of hydrogen-bond donors (Lipinski definition) is 1. The summed E-state index contributed by atoms with van der Waals surface area (Å²) in [5, 5.41) is 14.9. The van der Waals surface area contributed by atoms with Crippen molar-refractivity contribution in [1.29, 1.82) is 0 Å². The molecule has 6 nitrogen and oxygen atoms in total. The van der Waals surface area contributed by atoms with Gasteiger partial charge in [-0.2, -0.15) is 5.10 Å². The van der Waals surface area contributed by atoms with Crippen LogP contribution in [-0.4, -0.2) is 16.5 Å². The Labute approximate surface area is 153 Å². The van der Waals surface area contributed by atoms with Gasteiger partial charge in [-0.3, -0.25) is 14.9 Å². The van der Waals surface area contributed by atoms with Crippen LogP contribution in [0.15, 0.2) is 53.6 Å². The third-order valence-corrected chi connectivity index (χ3v) is 4.01. The summed E-state index contributed by atoms with van der Waals surface area (Å²) in [6.07, 6.45) is 0.218. The fraction of sp³-hybridized carbons (Fsp3) is 0.300. The maximum atomic E-state index is 12.1. The molecule has 2 aromatic carbocycles. The monoisotopic (exact) mass is 353 g/mol. The highest BCUT2D eigenvalue weighted by molar-refractivity contribution is 5.99. The molecule has 6 heteroatoms. The number of hydrogen-bond acceptors (Lipinski definition) is 4. The summed E-state index contributed by atoms with van der Waals surface area (Å²) in [5.74, 6) is -0.238. The van der Waals surface area contributed by atoms with E-state index in [1.165, 1.54) is 17.7 Å². The highest BCUT2D eigenvalue weighted by atomic mass is 16.6. The zero-order chi connectivity index (χ0) is 19.3.